The molecule has 0 radical (unpaired) electrons. The van der Waals surface area contributed by atoms with Crippen molar-refractivity contribution >= 4 is 23.2 Å². The van der Waals surface area contributed by atoms with Crippen molar-refractivity contribution in [3.63, 3.8) is 0 Å². The Labute approximate surface area is 144 Å². The zero-order valence-electron chi connectivity index (χ0n) is 13.9. The molecule has 0 aliphatic rings. The number of carbonyl (C=O) groups is 2. The Bertz CT molecular complexity index is 760. The standard InChI is InChI=1S/C18H18F2N2O3/c1-12(23)22(18-13(19)6-5-7-14(18)20)11-10-17(24)21-15-8-3-4-9-16(15)25-2/h3-9H,10-11H2,1-2H3,(H,21,24). The predicted octanol–water partition coefficient (Wildman–Crippen LogP) is 3.36. The molecule has 2 aromatic rings. The Morgan fingerprint density at radius 1 is 1.08 bits per heavy atom. The number of ether oxygens (including phenoxy) is 1. The highest BCUT2D eigenvalue weighted by atomic mass is 19.1. The number of methoxy groups -OCH3 is 1. The number of anilines is 2. The summed E-state index contributed by atoms with van der Waals surface area (Å²) in [6.45, 7) is 1.03. The number of amides is 2. The molecule has 0 saturated carbocycles. The quantitative estimate of drug-likeness (QED) is 0.871. The van der Waals surface area contributed by atoms with E-state index in [1.807, 2.05) is 0 Å². The molecule has 0 spiro atoms. The maximum Gasteiger partial charge on any atom is 0.226 e. The molecule has 0 saturated heterocycles. The van der Waals surface area contributed by atoms with E-state index in [2.05, 4.69) is 5.32 Å². The summed E-state index contributed by atoms with van der Waals surface area (Å²) in [5.41, 5.74) is 0.0153. The first-order valence-electron chi connectivity index (χ1n) is 7.59. The van der Waals surface area contributed by atoms with Gasteiger partial charge in [0, 0.05) is 19.9 Å². The second-order valence-electron chi connectivity index (χ2n) is 5.24. The zero-order chi connectivity index (χ0) is 18.4. The number of hydrogen-bond donors (Lipinski definition) is 1. The number of carbonyl (C=O) groups excluding carboxylic acids is 2. The Kier molecular flexibility index (Phi) is 6.05. The van der Waals surface area contributed by atoms with Crippen LogP contribution in [0.25, 0.3) is 0 Å². The van der Waals surface area contributed by atoms with Crippen LogP contribution >= 0.6 is 0 Å². The van der Waals surface area contributed by atoms with Crippen molar-refractivity contribution < 1.29 is 23.1 Å². The van der Waals surface area contributed by atoms with Crippen molar-refractivity contribution in [2.24, 2.45) is 0 Å². The van der Waals surface area contributed by atoms with Gasteiger partial charge in [-0.2, -0.15) is 0 Å². The minimum atomic E-state index is -0.861. The lowest BCUT2D eigenvalue weighted by atomic mass is 10.2. The third-order valence-electron chi connectivity index (χ3n) is 3.53. The normalized spacial score (nSPS) is 10.2. The molecule has 7 heteroatoms. The van der Waals surface area contributed by atoms with E-state index >= 15 is 0 Å². The largest absolute Gasteiger partial charge is 0.495 e. The monoisotopic (exact) mass is 348 g/mol. The van der Waals surface area contributed by atoms with Crippen molar-refractivity contribution in [1.82, 2.24) is 0 Å². The van der Waals surface area contributed by atoms with Gasteiger partial charge in [-0.25, -0.2) is 8.78 Å². The molecule has 0 bridgehead atoms. The van der Waals surface area contributed by atoms with Gasteiger partial charge in [0.05, 0.1) is 12.8 Å². The molecular formula is C18H18F2N2O3. The van der Waals surface area contributed by atoms with Crippen LogP contribution < -0.4 is 15.0 Å². The summed E-state index contributed by atoms with van der Waals surface area (Å²) in [5, 5.41) is 2.65. The van der Waals surface area contributed by atoms with Crippen LogP contribution in [0.5, 0.6) is 5.75 Å². The molecule has 0 heterocycles. The Morgan fingerprint density at radius 3 is 2.32 bits per heavy atom. The number of rotatable bonds is 6. The van der Waals surface area contributed by atoms with Crippen molar-refractivity contribution in [2.45, 2.75) is 13.3 Å². The highest BCUT2D eigenvalue weighted by Crippen LogP contribution is 2.25. The highest BCUT2D eigenvalue weighted by Gasteiger charge is 2.21. The summed E-state index contributed by atoms with van der Waals surface area (Å²) in [4.78, 5) is 24.8. The molecule has 0 aromatic heterocycles. The van der Waals surface area contributed by atoms with Gasteiger partial charge in [-0.15, -0.1) is 0 Å². The number of para-hydroxylation sites is 3. The summed E-state index contributed by atoms with van der Waals surface area (Å²) in [7, 11) is 1.48. The number of hydrogen-bond acceptors (Lipinski definition) is 3. The van der Waals surface area contributed by atoms with Gasteiger partial charge in [0.25, 0.3) is 0 Å². The van der Waals surface area contributed by atoms with Crippen LogP contribution in [0.1, 0.15) is 13.3 Å². The first-order chi connectivity index (χ1) is 11.9. The van der Waals surface area contributed by atoms with Crippen LogP contribution in [-0.2, 0) is 9.59 Å². The summed E-state index contributed by atoms with van der Waals surface area (Å²) >= 11 is 0. The number of nitrogens with zero attached hydrogens (tertiary/aromatic N) is 1. The molecule has 132 valence electrons. The summed E-state index contributed by atoms with van der Waals surface area (Å²) in [6.07, 6.45) is -0.134. The van der Waals surface area contributed by atoms with Gasteiger partial charge in [0.2, 0.25) is 11.8 Å². The molecule has 2 rings (SSSR count). The van der Waals surface area contributed by atoms with Crippen molar-refractivity contribution in [3.8, 4) is 5.75 Å². The molecule has 5 nitrogen and oxygen atoms in total. The minimum absolute atomic E-state index is 0.134. The van der Waals surface area contributed by atoms with E-state index in [0.717, 1.165) is 17.0 Å². The van der Waals surface area contributed by atoms with Crippen molar-refractivity contribution in [3.05, 3.63) is 54.1 Å². The van der Waals surface area contributed by atoms with Crippen molar-refractivity contribution in [1.29, 1.82) is 0 Å². The first kappa shape index (κ1) is 18.4. The molecule has 0 aliphatic heterocycles. The fourth-order valence-corrected chi connectivity index (χ4v) is 2.35. The highest BCUT2D eigenvalue weighted by molar-refractivity contribution is 5.95. The van der Waals surface area contributed by atoms with Gasteiger partial charge < -0.3 is 15.0 Å². The van der Waals surface area contributed by atoms with Crippen molar-refractivity contribution in [2.75, 3.05) is 23.9 Å². The number of halogens is 2. The average Bonchev–Trinajstić information content (AvgIpc) is 2.57. The average molecular weight is 348 g/mol. The third kappa shape index (κ3) is 4.53. The molecule has 0 fully saturated rings. The summed E-state index contributed by atoms with van der Waals surface area (Å²) < 4.78 is 32.9. The third-order valence-corrected chi connectivity index (χ3v) is 3.53. The maximum atomic E-state index is 13.9. The molecule has 2 aromatic carbocycles. The number of benzene rings is 2. The zero-order valence-corrected chi connectivity index (χ0v) is 13.9. The van der Waals surface area contributed by atoms with E-state index in [4.69, 9.17) is 4.74 Å². The van der Waals surface area contributed by atoms with Crippen LogP contribution in [0.3, 0.4) is 0 Å². The predicted molar refractivity (Wildman–Crippen MR) is 90.6 cm³/mol. The lowest BCUT2D eigenvalue weighted by molar-refractivity contribution is -0.117. The fourth-order valence-electron chi connectivity index (χ4n) is 2.35. The second-order valence-corrected chi connectivity index (χ2v) is 5.24. The van der Waals surface area contributed by atoms with Crippen LogP contribution in [-0.4, -0.2) is 25.5 Å². The molecule has 0 aliphatic carbocycles. The smallest absolute Gasteiger partial charge is 0.226 e. The lowest BCUT2D eigenvalue weighted by Crippen LogP contribution is -2.33. The van der Waals surface area contributed by atoms with Crippen LogP contribution in [0.4, 0.5) is 20.2 Å². The van der Waals surface area contributed by atoms with Gasteiger partial charge >= 0.3 is 0 Å². The van der Waals surface area contributed by atoms with Gasteiger partial charge in [0.1, 0.15) is 23.1 Å². The topological polar surface area (TPSA) is 58.6 Å². The Morgan fingerprint density at radius 2 is 1.72 bits per heavy atom. The molecule has 2 amide bonds. The van der Waals surface area contributed by atoms with Gasteiger partial charge in [-0.05, 0) is 24.3 Å². The summed E-state index contributed by atoms with van der Waals surface area (Å²) in [6, 6.07) is 10.2. The summed E-state index contributed by atoms with van der Waals surface area (Å²) in [5.74, 6) is -2.21. The van der Waals surface area contributed by atoms with Crippen LogP contribution in [0.15, 0.2) is 42.5 Å². The van der Waals surface area contributed by atoms with Gasteiger partial charge in [-0.3, -0.25) is 9.59 Å². The van der Waals surface area contributed by atoms with E-state index in [1.54, 1.807) is 24.3 Å². The van der Waals surface area contributed by atoms with Crippen LogP contribution in [0, 0.1) is 11.6 Å². The number of nitrogens with one attached hydrogen (secondary N) is 1. The molecular weight excluding hydrogens is 330 g/mol. The van der Waals surface area contributed by atoms with Gasteiger partial charge in [-0.1, -0.05) is 18.2 Å². The Balaban J connectivity index is 2.09. The molecule has 0 atom stereocenters. The van der Waals surface area contributed by atoms with Gasteiger partial charge in [0.15, 0.2) is 0 Å². The fraction of sp³-hybridized carbons (Fsp3) is 0.222. The molecule has 25 heavy (non-hydrogen) atoms. The lowest BCUT2D eigenvalue weighted by Gasteiger charge is -2.22. The van der Waals surface area contributed by atoms with E-state index < -0.39 is 29.1 Å². The first-order valence-corrected chi connectivity index (χ1v) is 7.59. The SMILES string of the molecule is COc1ccccc1NC(=O)CCN(C(C)=O)c1c(F)cccc1F. The van der Waals surface area contributed by atoms with E-state index in [0.29, 0.717) is 11.4 Å². The van der Waals surface area contributed by atoms with E-state index in [9.17, 15) is 18.4 Å². The minimum Gasteiger partial charge on any atom is -0.495 e. The van der Waals surface area contributed by atoms with E-state index in [-0.39, 0.29) is 13.0 Å². The second kappa shape index (κ2) is 8.23. The molecule has 0 unspecified atom stereocenters. The molecule has 1 N–H and O–H groups in total. The van der Waals surface area contributed by atoms with E-state index in [1.165, 1.54) is 20.1 Å². The maximum absolute atomic E-state index is 13.9. The Hall–Kier alpha value is -2.96. The van der Waals surface area contributed by atoms with Crippen LogP contribution in [0.2, 0.25) is 0 Å².